The van der Waals surface area contributed by atoms with Crippen molar-refractivity contribution in [3.8, 4) is 11.5 Å². The van der Waals surface area contributed by atoms with E-state index in [1.54, 1.807) is 13.0 Å². The molecule has 0 unspecified atom stereocenters. The third-order valence-corrected chi connectivity index (χ3v) is 4.93. The molecule has 9 heteroatoms. The van der Waals surface area contributed by atoms with E-state index in [0.717, 1.165) is 0 Å². The first kappa shape index (κ1) is 33.1. The minimum atomic E-state index is -1.01. The predicted octanol–water partition coefficient (Wildman–Crippen LogP) is 4.76. The molecule has 1 rings (SSSR count). The first-order chi connectivity index (χ1) is 17.3. The molecule has 214 valence electrons. The fourth-order valence-corrected chi connectivity index (χ4v) is 3.31. The first-order valence-electron chi connectivity index (χ1n) is 13.0. The van der Waals surface area contributed by atoms with E-state index in [9.17, 15) is 19.2 Å². The normalized spacial score (nSPS) is 13.4. The molecule has 0 heterocycles. The lowest BCUT2D eigenvalue weighted by molar-refractivity contribution is -0.159. The Balaban J connectivity index is 2.92. The van der Waals surface area contributed by atoms with Crippen LogP contribution in [0.15, 0.2) is 18.2 Å². The Kier molecular flexibility index (Phi) is 12.4. The minimum Gasteiger partial charge on any atom is -0.461 e. The van der Waals surface area contributed by atoms with Crippen molar-refractivity contribution in [2.45, 2.75) is 100 Å². The van der Waals surface area contributed by atoms with Crippen molar-refractivity contribution in [3.63, 3.8) is 0 Å². The molecule has 0 aliphatic rings. The van der Waals surface area contributed by atoms with Gasteiger partial charge in [0.25, 0.3) is 0 Å². The van der Waals surface area contributed by atoms with Crippen LogP contribution in [-0.2, 0) is 35.1 Å². The predicted molar refractivity (Wildman–Crippen MR) is 144 cm³/mol. The Hall–Kier alpha value is -2.94. The number of carbonyl (C=O) groups excluding carboxylic acids is 4. The second kappa shape index (κ2) is 14.3. The maximum atomic E-state index is 12.5. The molecular formula is C29H45NO8. The van der Waals surface area contributed by atoms with Gasteiger partial charge in [-0.2, -0.15) is 0 Å². The van der Waals surface area contributed by atoms with Gasteiger partial charge in [-0.25, -0.2) is 0 Å². The van der Waals surface area contributed by atoms with Crippen LogP contribution in [0, 0.1) is 16.7 Å². The van der Waals surface area contributed by atoms with Crippen molar-refractivity contribution in [1.29, 1.82) is 0 Å². The molecule has 2 atom stereocenters. The van der Waals surface area contributed by atoms with Crippen molar-refractivity contribution in [1.82, 2.24) is 0 Å². The van der Waals surface area contributed by atoms with Crippen molar-refractivity contribution < 1.29 is 38.1 Å². The van der Waals surface area contributed by atoms with Crippen LogP contribution in [0.25, 0.3) is 0 Å². The molecule has 0 spiro atoms. The monoisotopic (exact) mass is 535 g/mol. The van der Waals surface area contributed by atoms with Crippen LogP contribution < -0.4 is 15.2 Å². The lowest BCUT2D eigenvalue weighted by Gasteiger charge is -2.20. The number of nitrogens with two attached hydrogens (primary N) is 1. The molecule has 0 aromatic heterocycles. The van der Waals surface area contributed by atoms with E-state index in [4.69, 9.17) is 24.7 Å². The van der Waals surface area contributed by atoms with Gasteiger partial charge in [-0.05, 0) is 47.8 Å². The fourth-order valence-electron chi connectivity index (χ4n) is 3.31. The van der Waals surface area contributed by atoms with Crippen LogP contribution in [0.5, 0.6) is 11.5 Å². The summed E-state index contributed by atoms with van der Waals surface area (Å²) in [4.78, 5) is 49.2. The lowest BCUT2D eigenvalue weighted by atomic mass is 9.92. The molecule has 0 amide bonds. The largest absolute Gasteiger partial charge is 0.461 e. The summed E-state index contributed by atoms with van der Waals surface area (Å²) in [6.07, 6.45) is 0.0839. The zero-order valence-corrected chi connectivity index (χ0v) is 24.3. The van der Waals surface area contributed by atoms with E-state index < -0.39 is 30.1 Å². The van der Waals surface area contributed by atoms with Gasteiger partial charge < -0.3 is 24.7 Å². The number of rotatable bonds is 12. The van der Waals surface area contributed by atoms with Gasteiger partial charge in [-0.1, -0.05) is 61.5 Å². The molecule has 38 heavy (non-hydrogen) atoms. The van der Waals surface area contributed by atoms with Gasteiger partial charge in [0.15, 0.2) is 11.5 Å². The number of hydrogen-bond acceptors (Lipinski definition) is 9. The Morgan fingerprint density at radius 2 is 1.34 bits per heavy atom. The van der Waals surface area contributed by atoms with Crippen LogP contribution in [0.1, 0.15) is 87.1 Å². The summed E-state index contributed by atoms with van der Waals surface area (Å²) < 4.78 is 21.5. The molecule has 2 N–H and O–H groups in total. The topological polar surface area (TPSA) is 131 Å². The van der Waals surface area contributed by atoms with Crippen LogP contribution in [-0.4, -0.2) is 42.6 Å². The van der Waals surface area contributed by atoms with Crippen molar-refractivity contribution in [2.24, 2.45) is 22.5 Å². The van der Waals surface area contributed by atoms with Crippen molar-refractivity contribution >= 4 is 23.9 Å². The fraction of sp³-hybridized carbons (Fsp3) is 0.655. The SMILES string of the molecule is CC(C)CC(=O)O[C@@H](C)COC(=O)[C@@H](N)Cc1ccc(OC(=O)CC(C)(C)C)c(OC(=O)CC(C)(C)C)c1. The number of esters is 4. The van der Waals surface area contributed by atoms with Crippen molar-refractivity contribution in [2.75, 3.05) is 6.61 Å². The molecule has 0 radical (unpaired) electrons. The summed E-state index contributed by atoms with van der Waals surface area (Å²) in [7, 11) is 0. The zero-order valence-electron chi connectivity index (χ0n) is 24.3. The standard InChI is InChI=1S/C29H45NO8/c1-18(2)12-24(31)36-19(3)17-35-27(34)21(30)13-20-10-11-22(37-25(32)15-28(4,5)6)23(14-20)38-26(33)16-29(7,8)9/h10-11,14,18-19,21H,12-13,15-17,30H2,1-9H3/t19-,21-/m0/s1. The molecule has 1 aromatic carbocycles. The lowest BCUT2D eigenvalue weighted by Crippen LogP contribution is -2.36. The minimum absolute atomic E-state index is 0.0743. The second-order valence-electron chi connectivity index (χ2n) is 12.5. The highest BCUT2D eigenvalue weighted by Crippen LogP contribution is 2.32. The van der Waals surface area contributed by atoms with Gasteiger partial charge in [-0.3, -0.25) is 19.2 Å². The van der Waals surface area contributed by atoms with Crippen LogP contribution in [0.3, 0.4) is 0 Å². The molecule has 0 saturated heterocycles. The summed E-state index contributed by atoms with van der Waals surface area (Å²) in [5.41, 5.74) is 6.05. The second-order valence-corrected chi connectivity index (χ2v) is 12.5. The summed E-state index contributed by atoms with van der Waals surface area (Å²) >= 11 is 0. The first-order valence-corrected chi connectivity index (χ1v) is 13.0. The third kappa shape index (κ3) is 14.1. The molecule has 0 bridgehead atoms. The maximum absolute atomic E-state index is 12.5. The third-order valence-electron chi connectivity index (χ3n) is 4.93. The molecule has 0 saturated carbocycles. The summed E-state index contributed by atoms with van der Waals surface area (Å²) in [6, 6.07) is 3.68. The quantitative estimate of drug-likeness (QED) is 0.297. The van der Waals surface area contributed by atoms with Gasteiger partial charge in [0, 0.05) is 6.42 Å². The highest BCUT2D eigenvalue weighted by molar-refractivity contribution is 5.78. The number of ether oxygens (including phenoxy) is 4. The average Bonchev–Trinajstić information content (AvgIpc) is 2.70. The molecule has 0 aliphatic heterocycles. The van der Waals surface area contributed by atoms with Gasteiger partial charge in [-0.15, -0.1) is 0 Å². The average molecular weight is 536 g/mol. The van der Waals surface area contributed by atoms with E-state index in [1.165, 1.54) is 12.1 Å². The molecular weight excluding hydrogens is 490 g/mol. The molecule has 0 fully saturated rings. The van der Waals surface area contributed by atoms with E-state index in [0.29, 0.717) is 5.56 Å². The maximum Gasteiger partial charge on any atom is 0.323 e. The highest BCUT2D eigenvalue weighted by Gasteiger charge is 2.24. The summed E-state index contributed by atoms with van der Waals surface area (Å²) in [5.74, 6) is -1.61. The Morgan fingerprint density at radius 3 is 1.84 bits per heavy atom. The van der Waals surface area contributed by atoms with E-state index in [1.807, 2.05) is 55.4 Å². The number of benzene rings is 1. The highest BCUT2D eigenvalue weighted by atomic mass is 16.6. The Morgan fingerprint density at radius 1 is 0.816 bits per heavy atom. The van der Waals surface area contributed by atoms with E-state index in [2.05, 4.69) is 0 Å². The van der Waals surface area contributed by atoms with Crippen LogP contribution in [0.2, 0.25) is 0 Å². The van der Waals surface area contributed by atoms with Gasteiger partial charge >= 0.3 is 23.9 Å². The molecule has 9 nitrogen and oxygen atoms in total. The van der Waals surface area contributed by atoms with Gasteiger partial charge in [0.05, 0.1) is 12.8 Å². The summed E-state index contributed by atoms with van der Waals surface area (Å²) in [5, 5.41) is 0. The smallest absolute Gasteiger partial charge is 0.323 e. The van der Waals surface area contributed by atoms with E-state index >= 15 is 0 Å². The zero-order chi connectivity index (χ0) is 29.3. The van der Waals surface area contributed by atoms with Crippen LogP contribution in [0.4, 0.5) is 0 Å². The summed E-state index contributed by atoms with van der Waals surface area (Å²) in [6.45, 7) is 16.8. The van der Waals surface area contributed by atoms with Crippen LogP contribution >= 0.6 is 0 Å². The molecule has 0 aliphatic carbocycles. The van der Waals surface area contributed by atoms with Gasteiger partial charge in [0.2, 0.25) is 0 Å². The molecule has 1 aromatic rings. The Labute approximate surface area is 226 Å². The number of hydrogen-bond donors (Lipinski definition) is 1. The van der Waals surface area contributed by atoms with Crippen molar-refractivity contribution in [3.05, 3.63) is 23.8 Å². The number of carbonyl (C=O) groups is 4. The van der Waals surface area contributed by atoms with E-state index in [-0.39, 0.29) is 66.5 Å². The van der Waals surface area contributed by atoms with Gasteiger partial charge in [0.1, 0.15) is 18.8 Å². The Bertz CT molecular complexity index is 972.